The molecule has 1 aliphatic rings. The van der Waals surface area contributed by atoms with Gasteiger partial charge >= 0.3 is 0 Å². The highest BCUT2D eigenvalue weighted by molar-refractivity contribution is 4.89. The Hall–Kier alpha value is -0.980. The molecule has 1 saturated heterocycles. The molecule has 6 heteroatoms. The van der Waals surface area contributed by atoms with E-state index in [4.69, 9.17) is 9.26 Å². The number of methoxy groups -OCH3 is 1. The molecule has 1 aliphatic heterocycles. The summed E-state index contributed by atoms with van der Waals surface area (Å²) in [6, 6.07) is 0. The molecule has 2 heterocycles. The van der Waals surface area contributed by atoms with Gasteiger partial charge in [-0.15, -0.1) is 0 Å². The van der Waals surface area contributed by atoms with Gasteiger partial charge in [0.1, 0.15) is 6.10 Å². The van der Waals surface area contributed by atoms with Crippen LogP contribution >= 0.6 is 0 Å². The zero-order valence-corrected chi connectivity index (χ0v) is 12.1. The summed E-state index contributed by atoms with van der Waals surface area (Å²) >= 11 is 0. The number of rotatable bonds is 6. The van der Waals surface area contributed by atoms with Gasteiger partial charge in [0.15, 0.2) is 5.82 Å². The molecule has 1 atom stereocenters. The Balaban J connectivity index is 1.80. The second-order valence-corrected chi connectivity index (χ2v) is 5.31. The van der Waals surface area contributed by atoms with Crippen molar-refractivity contribution in [2.75, 3.05) is 33.8 Å². The summed E-state index contributed by atoms with van der Waals surface area (Å²) < 4.78 is 10.4. The monoisotopic (exact) mass is 268 g/mol. The molecule has 1 aromatic heterocycles. The Kier molecular flexibility index (Phi) is 5.30. The van der Waals surface area contributed by atoms with Crippen LogP contribution < -0.4 is 5.32 Å². The van der Waals surface area contributed by atoms with Crippen LogP contribution in [0.2, 0.25) is 0 Å². The predicted molar refractivity (Wildman–Crippen MR) is 71.6 cm³/mol. The highest BCUT2D eigenvalue weighted by atomic mass is 16.5. The summed E-state index contributed by atoms with van der Waals surface area (Å²) in [5, 5.41) is 7.33. The van der Waals surface area contributed by atoms with Crippen molar-refractivity contribution in [2.45, 2.75) is 32.4 Å². The molecule has 0 bridgehead atoms. The first-order valence-corrected chi connectivity index (χ1v) is 6.93. The van der Waals surface area contributed by atoms with Gasteiger partial charge in [0.05, 0.1) is 6.54 Å². The zero-order chi connectivity index (χ0) is 13.7. The van der Waals surface area contributed by atoms with Crippen LogP contribution in [-0.2, 0) is 11.3 Å². The van der Waals surface area contributed by atoms with Crippen molar-refractivity contribution < 1.29 is 9.26 Å². The lowest BCUT2D eigenvalue weighted by molar-refractivity contribution is 0.109. The number of piperidine rings is 1. The van der Waals surface area contributed by atoms with E-state index < -0.39 is 0 Å². The molecule has 0 spiro atoms. The van der Waals surface area contributed by atoms with Crippen molar-refractivity contribution in [1.82, 2.24) is 20.4 Å². The first-order chi connectivity index (χ1) is 9.19. The Morgan fingerprint density at radius 3 is 2.89 bits per heavy atom. The van der Waals surface area contributed by atoms with E-state index in [-0.39, 0.29) is 6.10 Å². The van der Waals surface area contributed by atoms with Crippen LogP contribution in [0.4, 0.5) is 0 Å². The number of ether oxygens (including phenoxy) is 1. The smallest absolute Gasteiger partial charge is 0.240 e. The second-order valence-electron chi connectivity index (χ2n) is 5.31. The van der Waals surface area contributed by atoms with Crippen molar-refractivity contribution in [3.05, 3.63) is 11.7 Å². The topological polar surface area (TPSA) is 63.4 Å². The fourth-order valence-corrected chi connectivity index (χ4v) is 2.40. The van der Waals surface area contributed by atoms with Crippen molar-refractivity contribution >= 4 is 0 Å². The molecule has 19 heavy (non-hydrogen) atoms. The molecule has 1 N–H and O–H groups in total. The van der Waals surface area contributed by atoms with Crippen LogP contribution in [0.3, 0.4) is 0 Å². The molecule has 6 nitrogen and oxygen atoms in total. The van der Waals surface area contributed by atoms with Gasteiger partial charge in [-0.25, -0.2) is 0 Å². The minimum atomic E-state index is -0.118. The fourth-order valence-electron chi connectivity index (χ4n) is 2.40. The van der Waals surface area contributed by atoms with Gasteiger partial charge < -0.3 is 14.6 Å². The average Bonchev–Trinajstić information content (AvgIpc) is 2.87. The van der Waals surface area contributed by atoms with Crippen LogP contribution in [-0.4, -0.2) is 48.8 Å². The largest absolute Gasteiger partial charge is 0.374 e. The molecule has 2 rings (SSSR count). The van der Waals surface area contributed by atoms with Crippen LogP contribution in [0.15, 0.2) is 4.52 Å². The lowest BCUT2D eigenvalue weighted by Crippen LogP contribution is -2.34. The van der Waals surface area contributed by atoms with Crippen molar-refractivity contribution in [3.8, 4) is 0 Å². The molecule has 1 fully saturated rings. The fraction of sp³-hybridized carbons (Fsp3) is 0.846. The lowest BCUT2D eigenvalue weighted by atomic mass is 9.98. The quantitative estimate of drug-likeness (QED) is 0.836. The highest BCUT2D eigenvalue weighted by Gasteiger charge is 2.18. The van der Waals surface area contributed by atoms with E-state index in [2.05, 4.69) is 27.4 Å². The Labute approximate surface area is 114 Å². The molecule has 108 valence electrons. The van der Waals surface area contributed by atoms with Gasteiger partial charge in [-0.05, 0) is 45.8 Å². The second kappa shape index (κ2) is 6.98. The van der Waals surface area contributed by atoms with E-state index in [1.807, 2.05) is 6.92 Å². The molecule has 0 saturated carbocycles. The van der Waals surface area contributed by atoms with Gasteiger partial charge in [0.2, 0.25) is 5.89 Å². The van der Waals surface area contributed by atoms with E-state index in [9.17, 15) is 0 Å². The van der Waals surface area contributed by atoms with E-state index in [0.717, 1.165) is 25.6 Å². The Morgan fingerprint density at radius 1 is 1.47 bits per heavy atom. The summed E-state index contributed by atoms with van der Waals surface area (Å²) in [5.41, 5.74) is 0. The van der Waals surface area contributed by atoms with Crippen LogP contribution in [0.1, 0.15) is 37.6 Å². The maximum atomic E-state index is 5.25. The summed E-state index contributed by atoms with van der Waals surface area (Å²) in [4.78, 5) is 6.61. The first kappa shape index (κ1) is 14.4. The molecule has 0 aliphatic carbocycles. The number of hydrogen-bond donors (Lipinski definition) is 1. The molecular weight excluding hydrogens is 244 g/mol. The van der Waals surface area contributed by atoms with Crippen LogP contribution in [0, 0.1) is 5.92 Å². The zero-order valence-electron chi connectivity index (χ0n) is 12.1. The molecule has 0 aromatic carbocycles. The number of nitrogens with zero attached hydrogens (tertiary/aromatic N) is 3. The van der Waals surface area contributed by atoms with Crippen molar-refractivity contribution in [3.63, 3.8) is 0 Å². The van der Waals surface area contributed by atoms with Crippen LogP contribution in [0.5, 0.6) is 0 Å². The van der Waals surface area contributed by atoms with Crippen molar-refractivity contribution in [2.24, 2.45) is 5.92 Å². The Bertz CT molecular complexity index is 376. The van der Waals surface area contributed by atoms with E-state index in [0.29, 0.717) is 18.3 Å². The van der Waals surface area contributed by atoms with E-state index in [1.165, 1.54) is 12.8 Å². The van der Waals surface area contributed by atoms with Crippen LogP contribution in [0.25, 0.3) is 0 Å². The predicted octanol–water partition coefficient (Wildman–Crippen LogP) is 1.21. The minimum Gasteiger partial charge on any atom is -0.374 e. The van der Waals surface area contributed by atoms with Gasteiger partial charge in [-0.2, -0.15) is 4.98 Å². The maximum absolute atomic E-state index is 5.25. The highest BCUT2D eigenvalue weighted by Crippen LogP contribution is 2.15. The molecule has 1 unspecified atom stereocenters. The minimum absolute atomic E-state index is 0.118. The van der Waals surface area contributed by atoms with Gasteiger partial charge in [-0.3, -0.25) is 4.90 Å². The number of nitrogens with one attached hydrogen (secondary N) is 1. The van der Waals surface area contributed by atoms with Gasteiger partial charge in [-0.1, -0.05) is 5.16 Å². The summed E-state index contributed by atoms with van der Waals surface area (Å²) in [6.07, 6.45) is 2.38. The molecule has 0 amide bonds. The standard InChI is InChI=1S/C13H24N4O2/c1-10(18-3)13-15-12(19-16-13)9-17(2)8-11-4-6-14-7-5-11/h10-11,14H,4-9H2,1-3H3. The summed E-state index contributed by atoms with van der Waals surface area (Å²) in [6.45, 7) is 5.96. The van der Waals surface area contributed by atoms with Gasteiger partial charge in [0, 0.05) is 13.7 Å². The number of hydrogen-bond acceptors (Lipinski definition) is 6. The average molecular weight is 268 g/mol. The van der Waals surface area contributed by atoms with Gasteiger partial charge in [0.25, 0.3) is 0 Å². The van der Waals surface area contributed by atoms with E-state index in [1.54, 1.807) is 7.11 Å². The molecule has 1 aromatic rings. The lowest BCUT2D eigenvalue weighted by Gasteiger charge is -2.26. The normalized spacial score (nSPS) is 18.9. The molecular formula is C13H24N4O2. The van der Waals surface area contributed by atoms with E-state index >= 15 is 0 Å². The summed E-state index contributed by atoms with van der Waals surface area (Å²) in [5.74, 6) is 2.05. The summed E-state index contributed by atoms with van der Waals surface area (Å²) in [7, 11) is 3.75. The Morgan fingerprint density at radius 2 is 2.21 bits per heavy atom. The third-order valence-electron chi connectivity index (χ3n) is 3.63. The maximum Gasteiger partial charge on any atom is 0.240 e. The van der Waals surface area contributed by atoms with Crippen molar-refractivity contribution in [1.29, 1.82) is 0 Å². The molecule has 0 radical (unpaired) electrons. The third-order valence-corrected chi connectivity index (χ3v) is 3.63. The first-order valence-electron chi connectivity index (χ1n) is 6.93. The number of aromatic nitrogens is 2. The third kappa shape index (κ3) is 4.26. The SMILES string of the molecule is COC(C)c1noc(CN(C)CC2CCNCC2)n1.